The fourth-order valence-corrected chi connectivity index (χ4v) is 5.12. The fraction of sp³-hybridized carbons (Fsp3) is 0.286. The Kier molecular flexibility index (Phi) is 5.23. The molecule has 1 amide bonds. The normalized spacial score (nSPS) is 15.8. The van der Waals surface area contributed by atoms with Crippen molar-refractivity contribution in [2.75, 3.05) is 32.4 Å². The molecule has 5 nitrogen and oxygen atoms in total. The molecule has 0 spiro atoms. The van der Waals surface area contributed by atoms with Crippen molar-refractivity contribution in [3.8, 4) is 0 Å². The first kappa shape index (κ1) is 19.1. The van der Waals surface area contributed by atoms with E-state index in [0.717, 1.165) is 19.6 Å². The van der Waals surface area contributed by atoms with Gasteiger partial charge in [0, 0.05) is 49.2 Å². The highest BCUT2D eigenvalue weighted by atomic mass is 32.2. The van der Waals surface area contributed by atoms with E-state index in [1.807, 2.05) is 4.90 Å². The van der Waals surface area contributed by atoms with Gasteiger partial charge in [-0.1, -0.05) is 18.2 Å². The van der Waals surface area contributed by atoms with Crippen molar-refractivity contribution in [1.29, 1.82) is 0 Å². The van der Waals surface area contributed by atoms with Crippen molar-refractivity contribution in [3.05, 3.63) is 65.0 Å². The van der Waals surface area contributed by atoms with Crippen LogP contribution in [-0.4, -0.2) is 56.6 Å². The minimum Gasteiger partial charge on any atom is -0.336 e. The minimum absolute atomic E-state index is 0.0410. The Morgan fingerprint density at radius 2 is 1.68 bits per heavy atom. The number of amides is 1. The molecular formula is C21H22N2O3S2. The number of carbonyl (C=O) groups excluding carboxylic acids is 1. The third-order valence-electron chi connectivity index (χ3n) is 5.14. The van der Waals surface area contributed by atoms with Gasteiger partial charge >= 0.3 is 0 Å². The molecule has 146 valence electrons. The number of hydrogen-bond donors (Lipinski definition) is 0. The summed E-state index contributed by atoms with van der Waals surface area (Å²) in [4.78, 5) is 17.2. The van der Waals surface area contributed by atoms with Gasteiger partial charge in [-0.05, 0) is 46.7 Å². The second kappa shape index (κ2) is 7.66. The number of nitrogens with zero attached hydrogens (tertiary/aromatic N) is 2. The van der Waals surface area contributed by atoms with Crippen LogP contribution in [0.1, 0.15) is 15.9 Å². The third-order valence-corrected chi connectivity index (χ3v) is 7.28. The molecule has 4 rings (SSSR count). The van der Waals surface area contributed by atoms with Gasteiger partial charge in [0.2, 0.25) is 0 Å². The van der Waals surface area contributed by atoms with Crippen molar-refractivity contribution < 1.29 is 13.2 Å². The summed E-state index contributed by atoms with van der Waals surface area (Å²) in [5, 5.41) is 3.54. The minimum atomic E-state index is -3.25. The smallest absolute Gasteiger partial charge is 0.253 e. The van der Waals surface area contributed by atoms with Crippen LogP contribution < -0.4 is 0 Å². The molecule has 3 aromatic rings. The van der Waals surface area contributed by atoms with Crippen molar-refractivity contribution >= 4 is 37.2 Å². The van der Waals surface area contributed by atoms with Crippen molar-refractivity contribution in [2.24, 2.45) is 0 Å². The van der Waals surface area contributed by atoms with Crippen LogP contribution in [0.5, 0.6) is 0 Å². The van der Waals surface area contributed by atoms with E-state index in [0.29, 0.717) is 18.7 Å². The van der Waals surface area contributed by atoms with Crippen LogP contribution in [0.4, 0.5) is 0 Å². The summed E-state index contributed by atoms with van der Waals surface area (Å²) >= 11 is 1.77. The number of rotatable bonds is 4. The largest absolute Gasteiger partial charge is 0.336 e. The van der Waals surface area contributed by atoms with E-state index in [1.165, 1.54) is 34.0 Å². The molecule has 2 heterocycles. The molecule has 0 aliphatic carbocycles. The summed E-state index contributed by atoms with van der Waals surface area (Å²) in [6.45, 7) is 3.91. The highest BCUT2D eigenvalue weighted by Gasteiger charge is 2.23. The number of benzene rings is 2. The summed E-state index contributed by atoms with van der Waals surface area (Å²) in [5.74, 6) is -0.0410. The van der Waals surface area contributed by atoms with E-state index in [1.54, 1.807) is 23.5 Å². The Morgan fingerprint density at radius 3 is 2.36 bits per heavy atom. The summed E-state index contributed by atoms with van der Waals surface area (Å²) in [6, 6.07) is 14.7. The molecule has 1 aliphatic heterocycles. The SMILES string of the molecule is CS(=O)(=O)c1ccc(C(=O)N2CCN(Cc3csc4ccccc34)CC2)cc1. The Morgan fingerprint density at radius 1 is 1.00 bits per heavy atom. The lowest BCUT2D eigenvalue weighted by molar-refractivity contribution is 0.0629. The zero-order valence-electron chi connectivity index (χ0n) is 15.7. The number of thiophene rings is 1. The predicted octanol–water partition coefficient (Wildman–Crippen LogP) is 3.26. The molecule has 0 atom stereocenters. The first-order chi connectivity index (χ1) is 13.4. The van der Waals surface area contributed by atoms with Gasteiger partial charge in [0.05, 0.1) is 4.90 Å². The van der Waals surface area contributed by atoms with Crippen molar-refractivity contribution in [2.45, 2.75) is 11.4 Å². The summed E-state index contributed by atoms with van der Waals surface area (Å²) in [7, 11) is -3.25. The molecule has 1 fully saturated rings. The molecule has 0 bridgehead atoms. The van der Waals surface area contributed by atoms with E-state index in [9.17, 15) is 13.2 Å². The Bertz CT molecular complexity index is 1100. The monoisotopic (exact) mass is 414 g/mol. The van der Waals surface area contributed by atoms with E-state index in [-0.39, 0.29) is 10.8 Å². The van der Waals surface area contributed by atoms with Crippen LogP contribution in [0.2, 0.25) is 0 Å². The van der Waals surface area contributed by atoms with Gasteiger partial charge in [-0.15, -0.1) is 11.3 Å². The first-order valence-electron chi connectivity index (χ1n) is 9.19. The summed E-state index contributed by atoms with van der Waals surface area (Å²) in [6.07, 6.45) is 1.17. The van der Waals surface area contributed by atoms with Gasteiger partial charge in [-0.25, -0.2) is 8.42 Å². The van der Waals surface area contributed by atoms with Crippen molar-refractivity contribution in [1.82, 2.24) is 9.80 Å². The Hall–Kier alpha value is -2.22. The summed E-state index contributed by atoms with van der Waals surface area (Å²) in [5.41, 5.74) is 1.88. The molecule has 0 saturated carbocycles. The highest BCUT2D eigenvalue weighted by molar-refractivity contribution is 7.90. The number of sulfone groups is 1. The first-order valence-corrected chi connectivity index (χ1v) is 12.0. The van der Waals surface area contributed by atoms with Gasteiger partial charge in [0.15, 0.2) is 9.84 Å². The second-order valence-electron chi connectivity index (χ2n) is 7.12. The lowest BCUT2D eigenvalue weighted by atomic mass is 10.1. The fourth-order valence-electron chi connectivity index (χ4n) is 3.53. The van der Waals surface area contributed by atoms with Crippen LogP contribution >= 0.6 is 11.3 Å². The lowest BCUT2D eigenvalue weighted by Crippen LogP contribution is -2.48. The quantitative estimate of drug-likeness (QED) is 0.658. The average molecular weight is 415 g/mol. The van der Waals surface area contributed by atoms with Gasteiger partial charge in [0.25, 0.3) is 5.91 Å². The zero-order valence-corrected chi connectivity index (χ0v) is 17.3. The van der Waals surface area contributed by atoms with Crippen LogP contribution in [0.25, 0.3) is 10.1 Å². The molecular weight excluding hydrogens is 392 g/mol. The third kappa shape index (κ3) is 3.97. The standard InChI is InChI=1S/C21H22N2O3S2/c1-28(25,26)18-8-6-16(7-9-18)21(24)23-12-10-22(11-13-23)14-17-15-27-20-5-3-2-4-19(17)20/h2-9,15H,10-14H2,1H3. The maximum atomic E-state index is 12.7. The van der Waals surface area contributed by atoms with Gasteiger partial charge in [-0.3, -0.25) is 9.69 Å². The van der Waals surface area contributed by atoms with E-state index < -0.39 is 9.84 Å². The zero-order chi connectivity index (χ0) is 19.7. The molecule has 1 aromatic heterocycles. The Labute approximate surface area is 169 Å². The maximum Gasteiger partial charge on any atom is 0.253 e. The van der Waals surface area contributed by atoms with Crippen molar-refractivity contribution in [3.63, 3.8) is 0 Å². The number of hydrogen-bond acceptors (Lipinski definition) is 5. The van der Waals surface area contributed by atoms with Crippen LogP contribution in [0, 0.1) is 0 Å². The van der Waals surface area contributed by atoms with E-state index in [2.05, 4.69) is 34.5 Å². The lowest BCUT2D eigenvalue weighted by Gasteiger charge is -2.34. The molecule has 1 saturated heterocycles. The van der Waals surface area contributed by atoms with Gasteiger partial charge in [-0.2, -0.15) is 0 Å². The van der Waals surface area contributed by atoms with Crippen LogP contribution in [0.15, 0.2) is 58.8 Å². The molecule has 1 aliphatic rings. The highest BCUT2D eigenvalue weighted by Crippen LogP contribution is 2.27. The topological polar surface area (TPSA) is 57.7 Å². The molecule has 0 unspecified atom stereocenters. The second-order valence-corrected chi connectivity index (χ2v) is 10.0. The molecule has 0 radical (unpaired) electrons. The predicted molar refractivity (Wildman–Crippen MR) is 113 cm³/mol. The van der Waals surface area contributed by atoms with Crippen LogP contribution in [0.3, 0.4) is 0 Å². The molecule has 0 N–H and O–H groups in total. The Balaban J connectivity index is 1.38. The molecule has 28 heavy (non-hydrogen) atoms. The van der Waals surface area contributed by atoms with Gasteiger partial charge in [0.1, 0.15) is 0 Å². The molecule has 7 heteroatoms. The van der Waals surface area contributed by atoms with E-state index in [4.69, 9.17) is 0 Å². The maximum absolute atomic E-state index is 12.7. The van der Waals surface area contributed by atoms with Crippen LogP contribution in [-0.2, 0) is 16.4 Å². The number of carbonyl (C=O) groups is 1. The average Bonchev–Trinajstić information content (AvgIpc) is 3.10. The number of fused-ring (bicyclic) bond motifs is 1. The summed E-state index contributed by atoms with van der Waals surface area (Å²) < 4.78 is 24.4. The molecule has 2 aromatic carbocycles. The number of piperazine rings is 1. The van der Waals surface area contributed by atoms with E-state index >= 15 is 0 Å². The van der Waals surface area contributed by atoms with Gasteiger partial charge < -0.3 is 4.90 Å².